The third kappa shape index (κ3) is 6.21. The standard InChI is InChI=1S/C24H25F3N4O3/c1-15(2)18-6-4-17(5-7-18)10-11-28-22(32)14-34-23(33)20-13-30-31(16(20)3)21-9-8-19(12-29-21)24(25,26)27/h4-9,12-13,15H,10-11,14H2,1-3H3,(H,28,32). The van der Waals surface area contributed by atoms with Crippen LogP contribution in [0.3, 0.4) is 0 Å². The lowest BCUT2D eigenvalue weighted by Gasteiger charge is -2.09. The van der Waals surface area contributed by atoms with Gasteiger partial charge in [0.1, 0.15) is 5.56 Å². The molecule has 0 aliphatic heterocycles. The highest BCUT2D eigenvalue weighted by Gasteiger charge is 2.31. The molecule has 0 saturated carbocycles. The van der Waals surface area contributed by atoms with E-state index in [1.807, 2.05) is 12.1 Å². The van der Waals surface area contributed by atoms with Crippen molar-refractivity contribution in [3.05, 3.63) is 76.7 Å². The molecule has 0 aliphatic carbocycles. The Morgan fingerprint density at radius 1 is 1.09 bits per heavy atom. The molecule has 1 N–H and O–H groups in total. The summed E-state index contributed by atoms with van der Waals surface area (Å²) < 4.78 is 44.4. The van der Waals surface area contributed by atoms with Crippen LogP contribution in [-0.4, -0.2) is 39.8 Å². The van der Waals surface area contributed by atoms with Crippen LogP contribution in [0.25, 0.3) is 5.82 Å². The Hall–Kier alpha value is -3.69. The van der Waals surface area contributed by atoms with E-state index in [4.69, 9.17) is 4.74 Å². The lowest BCUT2D eigenvalue weighted by atomic mass is 10.0. The van der Waals surface area contributed by atoms with Gasteiger partial charge in [-0.05, 0) is 42.5 Å². The van der Waals surface area contributed by atoms with Crippen LogP contribution in [0.2, 0.25) is 0 Å². The molecule has 0 saturated heterocycles. The van der Waals surface area contributed by atoms with Crippen LogP contribution in [0, 0.1) is 6.92 Å². The third-order valence-electron chi connectivity index (χ3n) is 5.24. The van der Waals surface area contributed by atoms with Crippen molar-refractivity contribution in [1.82, 2.24) is 20.1 Å². The number of esters is 1. The zero-order chi connectivity index (χ0) is 24.9. The van der Waals surface area contributed by atoms with Gasteiger partial charge in [0.25, 0.3) is 5.91 Å². The van der Waals surface area contributed by atoms with Gasteiger partial charge >= 0.3 is 12.1 Å². The number of alkyl halides is 3. The lowest BCUT2D eigenvalue weighted by Crippen LogP contribution is -2.30. The molecule has 3 rings (SSSR count). The summed E-state index contributed by atoms with van der Waals surface area (Å²) in [6.07, 6.45) is -1.95. The SMILES string of the molecule is Cc1c(C(=O)OCC(=O)NCCc2ccc(C(C)C)cc2)cnn1-c1ccc(C(F)(F)F)cn1. The minimum Gasteiger partial charge on any atom is -0.452 e. The van der Waals surface area contributed by atoms with Gasteiger partial charge in [0.15, 0.2) is 12.4 Å². The fourth-order valence-corrected chi connectivity index (χ4v) is 3.20. The molecule has 2 aromatic heterocycles. The van der Waals surface area contributed by atoms with E-state index >= 15 is 0 Å². The molecule has 0 unspecified atom stereocenters. The molecule has 0 aliphatic rings. The molecule has 3 aromatic rings. The summed E-state index contributed by atoms with van der Waals surface area (Å²) in [7, 11) is 0. The molecule has 0 bridgehead atoms. The topological polar surface area (TPSA) is 86.1 Å². The summed E-state index contributed by atoms with van der Waals surface area (Å²) in [6.45, 7) is 5.72. The molecule has 0 fully saturated rings. The van der Waals surface area contributed by atoms with Crippen LogP contribution >= 0.6 is 0 Å². The second-order valence-corrected chi connectivity index (χ2v) is 8.03. The number of amides is 1. The largest absolute Gasteiger partial charge is 0.452 e. The summed E-state index contributed by atoms with van der Waals surface area (Å²) in [5.74, 6) is -0.647. The molecular weight excluding hydrogens is 449 g/mol. The molecule has 7 nitrogen and oxygen atoms in total. The van der Waals surface area contributed by atoms with Gasteiger partial charge in [0, 0.05) is 12.7 Å². The Morgan fingerprint density at radius 2 is 1.79 bits per heavy atom. The van der Waals surface area contributed by atoms with Crippen molar-refractivity contribution >= 4 is 11.9 Å². The molecule has 34 heavy (non-hydrogen) atoms. The molecule has 1 aromatic carbocycles. The van der Waals surface area contributed by atoms with Gasteiger partial charge in [0.05, 0.1) is 17.5 Å². The summed E-state index contributed by atoms with van der Waals surface area (Å²) in [6, 6.07) is 10.2. The first-order valence-electron chi connectivity index (χ1n) is 10.7. The number of hydrogen-bond donors (Lipinski definition) is 1. The normalized spacial score (nSPS) is 11.5. The summed E-state index contributed by atoms with van der Waals surface area (Å²) >= 11 is 0. The van der Waals surface area contributed by atoms with Crippen molar-refractivity contribution < 1.29 is 27.5 Å². The quantitative estimate of drug-likeness (QED) is 0.494. The number of carbonyl (C=O) groups is 2. The lowest BCUT2D eigenvalue weighted by molar-refractivity contribution is -0.137. The number of nitrogens with zero attached hydrogens (tertiary/aromatic N) is 3. The van der Waals surface area contributed by atoms with Crippen LogP contribution in [0.15, 0.2) is 48.8 Å². The number of carbonyl (C=O) groups excluding carboxylic acids is 2. The van der Waals surface area contributed by atoms with Gasteiger partial charge in [0.2, 0.25) is 0 Å². The molecule has 180 valence electrons. The van der Waals surface area contributed by atoms with Crippen molar-refractivity contribution in [3.63, 3.8) is 0 Å². The maximum absolute atomic E-state index is 12.7. The maximum Gasteiger partial charge on any atom is 0.417 e. The van der Waals surface area contributed by atoms with Gasteiger partial charge in [-0.3, -0.25) is 4.79 Å². The van der Waals surface area contributed by atoms with E-state index in [-0.39, 0.29) is 11.4 Å². The fraction of sp³-hybridized carbons (Fsp3) is 0.333. The first-order valence-corrected chi connectivity index (χ1v) is 10.7. The first kappa shape index (κ1) is 24.9. The molecule has 0 atom stereocenters. The molecule has 0 radical (unpaired) electrons. The Morgan fingerprint density at radius 3 is 2.38 bits per heavy atom. The van der Waals surface area contributed by atoms with Gasteiger partial charge in [-0.1, -0.05) is 38.1 Å². The van der Waals surface area contributed by atoms with Crippen molar-refractivity contribution in [3.8, 4) is 5.82 Å². The molecule has 2 heterocycles. The van der Waals surface area contributed by atoms with Crippen LogP contribution in [-0.2, 0) is 22.1 Å². The molecule has 1 amide bonds. The van der Waals surface area contributed by atoms with Gasteiger partial charge in [-0.15, -0.1) is 0 Å². The summed E-state index contributed by atoms with van der Waals surface area (Å²) in [4.78, 5) is 28.1. The zero-order valence-corrected chi connectivity index (χ0v) is 19.0. The molecule has 10 heteroatoms. The second kappa shape index (κ2) is 10.5. The minimum atomic E-state index is -4.50. The Balaban J connectivity index is 1.50. The van der Waals surface area contributed by atoms with Crippen molar-refractivity contribution in [2.75, 3.05) is 13.2 Å². The van der Waals surface area contributed by atoms with E-state index < -0.39 is 30.2 Å². The van der Waals surface area contributed by atoms with Crippen molar-refractivity contribution in [2.24, 2.45) is 0 Å². The number of aromatic nitrogens is 3. The number of nitrogens with one attached hydrogen (secondary N) is 1. The van der Waals surface area contributed by atoms with E-state index in [0.29, 0.717) is 30.8 Å². The number of rotatable bonds is 8. The van der Waals surface area contributed by atoms with Gasteiger partial charge < -0.3 is 10.1 Å². The number of halogens is 3. The van der Waals surface area contributed by atoms with Crippen LogP contribution in [0.4, 0.5) is 13.2 Å². The number of ether oxygens (including phenoxy) is 1. The average Bonchev–Trinajstić information content (AvgIpc) is 3.18. The van der Waals surface area contributed by atoms with Crippen LogP contribution < -0.4 is 5.32 Å². The smallest absolute Gasteiger partial charge is 0.417 e. The Bertz CT molecular complexity index is 1140. The fourth-order valence-electron chi connectivity index (χ4n) is 3.20. The monoisotopic (exact) mass is 474 g/mol. The van der Waals surface area contributed by atoms with Crippen LogP contribution in [0.5, 0.6) is 0 Å². The minimum absolute atomic E-state index is 0.0831. The van der Waals surface area contributed by atoms with E-state index in [9.17, 15) is 22.8 Å². The Labute approximate surface area is 195 Å². The zero-order valence-electron chi connectivity index (χ0n) is 19.0. The summed E-state index contributed by atoms with van der Waals surface area (Å²) in [5.41, 5.74) is 1.84. The van der Waals surface area contributed by atoms with E-state index in [2.05, 4.69) is 41.4 Å². The van der Waals surface area contributed by atoms with Crippen LogP contribution in [0.1, 0.15) is 52.5 Å². The summed E-state index contributed by atoms with van der Waals surface area (Å²) in [5, 5.41) is 6.70. The molecule has 0 spiro atoms. The van der Waals surface area contributed by atoms with Gasteiger partial charge in [-0.25, -0.2) is 14.5 Å². The highest BCUT2D eigenvalue weighted by atomic mass is 19.4. The van der Waals surface area contributed by atoms with Crippen molar-refractivity contribution in [1.29, 1.82) is 0 Å². The third-order valence-corrected chi connectivity index (χ3v) is 5.24. The van der Waals surface area contributed by atoms with E-state index in [0.717, 1.165) is 17.7 Å². The molecular formula is C24H25F3N4O3. The predicted octanol–water partition coefficient (Wildman–Crippen LogP) is 4.23. The van der Waals surface area contributed by atoms with Crippen molar-refractivity contribution in [2.45, 2.75) is 39.3 Å². The first-order chi connectivity index (χ1) is 16.1. The maximum atomic E-state index is 12.7. The highest BCUT2D eigenvalue weighted by Crippen LogP contribution is 2.28. The highest BCUT2D eigenvalue weighted by molar-refractivity contribution is 5.92. The number of benzene rings is 1. The Kier molecular flexibility index (Phi) is 7.70. The second-order valence-electron chi connectivity index (χ2n) is 8.03. The predicted molar refractivity (Wildman–Crippen MR) is 119 cm³/mol. The number of pyridine rings is 1. The average molecular weight is 474 g/mol. The van der Waals surface area contributed by atoms with E-state index in [1.165, 1.54) is 16.4 Å². The van der Waals surface area contributed by atoms with E-state index in [1.54, 1.807) is 6.92 Å². The van der Waals surface area contributed by atoms with Gasteiger partial charge in [-0.2, -0.15) is 18.3 Å². The number of hydrogen-bond acceptors (Lipinski definition) is 5.